The average Bonchev–Trinajstić information content (AvgIpc) is 2.69. The molecule has 0 saturated carbocycles. The Kier molecular flexibility index (Phi) is 3.27. The van der Waals surface area contributed by atoms with E-state index in [1.165, 1.54) is 0 Å². The Bertz CT molecular complexity index is 710. The number of carbonyl (C=O) groups is 1. The van der Waals surface area contributed by atoms with Gasteiger partial charge in [0.25, 0.3) is 0 Å². The zero-order chi connectivity index (χ0) is 15.2. The van der Waals surface area contributed by atoms with Crippen LogP contribution in [0.2, 0.25) is 5.02 Å². The van der Waals surface area contributed by atoms with Crippen molar-refractivity contribution in [3.05, 3.63) is 64.2 Å². The third-order valence-electron chi connectivity index (χ3n) is 4.11. The first-order valence-electron chi connectivity index (χ1n) is 6.87. The first kappa shape index (κ1) is 14.1. The van der Waals surface area contributed by atoms with Crippen LogP contribution < -0.4 is 11.1 Å². The molecule has 4 heteroatoms. The van der Waals surface area contributed by atoms with Gasteiger partial charge in [-0.25, -0.2) is 0 Å². The summed E-state index contributed by atoms with van der Waals surface area (Å²) in [5, 5.41) is 3.55. The van der Waals surface area contributed by atoms with E-state index in [4.69, 9.17) is 17.3 Å². The normalized spacial score (nSPS) is 17.2. The van der Waals surface area contributed by atoms with Gasteiger partial charge >= 0.3 is 0 Å². The molecule has 1 atom stereocenters. The maximum atomic E-state index is 12.2. The van der Waals surface area contributed by atoms with E-state index in [0.717, 1.165) is 22.4 Å². The van der Waals surface area contributed by atoms with Gasteiger partial charge in [0.15, 0.2) is 0 Å². The number of carbonyl (C=O) groups excluding carboxylic acids is 1. The third-order valence-corrected chi connectivity index (χ3v) is 4.33. The van der Waals surface area contributed by atoms with Crippen molar-refractivity contribution >= 4 is 23.2 Å². The molecule has 1 aliphatic rings. The first-order valence-corrected chi connectivity index (χ1v) is 7.25. The van der Waals surface area contributed by atoms with Crippen molar-refractivity contribution in [2.24, 2.45) is 5.73 Å². The highest BCUT2D eigenvalue weighted by Gasteiger charge is 2.40. The predicted octanol–water partition coefficient (Wildman–Crippen LogP) is 3.62. The molecular weight excluding hydrogens is 284 g/mol. The van der Waals surface area contributed by atoms with Crippen LogP contribution in [0, 0.1) is 0 Å². The molecule has 1 amide bonds. The summed E-state index contributed by atoms with van der Waals surface area (Å²) in [7, 11) is 0. The molecule has 0 bridgehead atoms. The average molecular weight is 301 g/mol. The highest BCUT2D eigenvalue weighted by Crippen LogP contribution is 2.43. The summed E-state index contributed by atoms with van der Waals surface area (Å²) >= 11 is 6.24. The minimum absolute atomic E-state index is 0.0266. The second-order valence-corrected chi connectivity index (χ2v) is 6.32. The van der Waals surface area contributed by atoms with Crippen molar-refractivity contribution < 1.29 is 4.79 Å². The fourth-order valence-corrected chi connectivity index (χ4v) is 2.96. The molecule has 0 aromatic heterocycles. The molecular formula is C17H17ClN2O. The quantitative estimate of drug-likeness (QED) is 0.890. The standard InChI is InChI=1S/C17H17ClN2O/c1-17(2)13-9-11(18)8-12(15(13)20-16(17)21)14(19)10-6-4-3-5-7-10/h3-9,14H,19H2,1-2H3,(H,20,21). The molecule has 1 unspecified atom stereocenters. The summed E-state index contributed by atoms with van der Waals surface area (Å²) < 4.78 is 0. The molecule has 1 heterocycles. The van der Waals surface area contributed by atoms with E-state index in [9.17, 15) is 4.79 Å². The molecule has 3 rings (SSSR count). The van der Waals surface area contributed by atoms with E-state index in [-0.39, 0.29) is 11.9 Å². The number of benzene rings is 2. The summed E-state index contributed by atoms with van der Waals surface area (Å²) in [6.45, 7) is 3.78. The summed E-state index contributed by atoms with van der Waals surface area (Å²) in [4.78, 5) is 12.2. The zero-order valence-electron chi connectivity index (χ0n) is 12.0. The Hall–Kier alpha value is -1.84. The Morgan fingerprint density at radius 1 is 1.19 bits per heavy atom. The number of hydrogen-bond donors (Lipinski definition) is 2. The van der Waals surface area contributed by atoms with E-state index >= 15 is 0 Å². The summed E-state index contributed by atoms with van der Waals surface area (Å²) in [5.41, 5.74) is 9.33. The van der Waals surface area contributed by atoms with E-state index in [1.807, 2.05) is 56.3 Å². The monoisotopic (exact) mass is 300 g/mol. The number of hydrogen-bond acceptors (Lipinski definition) is 2. The maximum absolute atomic E-state index is 12.2. The number of nitrogens with one attached hydrogen (secondary N) is 1. The van der Waals surface area contributed by atoms with Gasteiger partial charge in [-0.2, -0.15) is 0 Å². The predicted molar refractivity (Wildman–Crippen MR) is 85.6 cm³/mol. The number of halogens is 1. The number of amides is 1. The molecule has 108 valence electrons. The molecule has 2 aromatic carbocycles. The van der Waals surface area contributed by atoms with E-state index < -0.39 is 5.41 Å². The van der Waals surface area contributed by atoms with Crippen LogP contribution in [0.5, 0.6) is 0 Å². The molecule has 0 aliphatic carbocycles. The van der Waals surface area contributed by atoms with Crippen molar-refractivity contribution in [3.63, 3.8) is 0 Å². The lowest BCUT2D eigenvalue weighted by atomic mass is 9.84. The van der Waals surface area contributed by atoms with Gasteiger partial charge in [0.2, 0.25) is 5.91 Å². The SMILES string of the molecule is CC1(C)C(=O)Nc2c(C(N)c3ccccc3)cc(Cl)cc21. The largest absolute Gasteiger partial charge is 0.325 e. The van der Waals surface area contributed by atoms with Gasteiger partial charge in [0, 0.05) is 5.02 Å². The molecule has 3 N–H and O–H groups in total. The Balaban J connectivity index is 2.16. The van der Waals surface area contributed by atoms with Gasteiger partial charge in [-0.05, 0) is 42.7 Å². The van der Waals surface area contributed by atoms with Crippen molar-refractivity contribution in [2.75, 3.05) is 5.32 Å². The van der Waals surface area contributed by atoms with Gasteiger partial charge in [-0.3, -0.25) is 4.79 Å². The Labute approximate surface area is 129 Å². The van der Waals surface area contributed by atoms with Crippen LogP contribution in [-0.4, -0.2) is 5.91 Å². The number of anilines is 1. The highest BCUT2D eigenvalue weighted by atomic mass is 35.5. The lowest BCUT2D eigenvalue weighted by Gasteiger charge is -2.19. The van der Waals surface area contributed by atoms with Crippen LogP contribution >= 0.6 is 11.6 Å². The molecule has 2 aromatic rings. The van der Waals surface area contributed by atoms with E-state index in [0.29, 0.717) is 5.02 Å². The van der Waals surface area contributed by atoms with E-state index in [1.54, 1.807) is 0 Å². The summed E-state index contributed by atoms with van der Waals surface area (Å²) in [5.74, 6) is -0.0266. The first-order chi connectivity index (χ1) is 9.91. The van der Waals surface area contributed by atoms with Crippen LogP contribution in [0.3, 0.4) is 0 Å². The smallest absolute Gasteiger partial charge is 0.234 e. The molecule has 0 spiro atoms. The van der Waals surface area contributed by atoms with Gasteiger partial charge in [-0.1, -0.05) is 41.9 Å². The number of fused-ring (bicyclic) bond motifs is 1. The van der Waals surface area contributed by atoms with Gasteiger partial charge in [0.1, 0.15) is 0 Å². The van der Waals surface area contributed by atoms with Crippen LogP contribution in [0.1, 0.15) is 36.6 Å². The van der Waals surface area contributed by atoms with E-state index in [2.05, 4.69) is 5.32 Å². The number of rotatable bonds is 2. The van der Waals surface area contributed by atoms with Crippen LogP contribution in [0.25, 0.3) is 0 Å². The molecule has 0 radical (unpaired) electrons. The lowest BCUT2D eigenvalue weighted by Crippen LogP contribution is -2.26. The van der Waals surface area contributed by atoms with Crippen molar-refractivity contribution in [1.29, 1.82) is 0 Å². The molecule has 1 aliphatic heterocycles. The molecule has 21 heavy (non-hydrogen) atoms. The minimum Gasteiger partial charge on any atom is -0.325 e. The fraction of sp³-hybridized carbons (Fsp3) is 0.235. The van der Waals surface area contributed by atoms with Crippen LogP contribution in [0.4, 0.5) is 5.69 Å². The molecule has 0 fully saturated rings. The van der Waals surface area contributed by atoms with Crippen molar-refractivity contribution in [1.82, 2.24) is 0 Å². The summed E-state index contributed by atoms with van der Waals surface area (Å²) in [6, 6.07) is 13.1. The minimum atomic E-state index is -0.592. The van der Waals surface area contributed by atoms with Gasteiger partial charge < -0.3 is 11.1 Å². The van der Waals surface area contributed by atoms with Crippen LogP contribution in [-0.2, 0) is 10.2 Å². The number of nitrogens with two attached hydrogens (primary N) is 1. The van der Waals surface area contributed by atoms with Gasteiger partial charge in [0.05, 0.1) is 17.1 Å². The molecule has 0 saturated heterocycles. The van der Waals surface area contributed by atoms with Crippen molar-refractivity contribution in [2.45, 2.75) is 25.3 Å². The topological polar surface area (TPSA) is 55.1 Å². The second-order valence-electron chi connectivity index (χ2n) is 5.89. The lowest BCUT2D eigenvalue weighted by molar-refractivity contribution is -0.119. The van der Waals surface area contributed by atoms with Crippen LogP contribution in [0.15, 0.2) is 42.5 Å². The fourth-order valence-electron chi connectivity index (χ4n) is 2.74. The summed E-state index contributed by atoms with van der Waals surface area (Å²) in [6.07, 6.45) is 0. The maximum Gasteiger partial charge on any atom is 0.234 e. The Morgan fingerprint density at radius 2 is 1.86 bits per heavy atom. The van der Waals surface area contributed by atoms with Crippen molar-refractivity contribution in [3.8, 4) is 0 Å². The molecule has 3 nitrogen and oxygen atoms in total. The second kappa shape index (κ2) is 4.86. The van der Waals surface area contributed by atoms with Gasteiger partial charge in [-0.15, -0.1) is 0 Å². The zero-order valence-corrected chi connectivity index (χ0v) is 12.7. The Morgan fingerprint density at radius 3 is 2.52 bits per heavy atom. The third kappa shape index (κ3) is 2.23. The highest BCUT2D eigenvalue weighted by molar-refractivity contribution is 6.31.